The SMILES string of the molecule is COc1ccc(/C=C/[N+](=O)[O-])cc1C(=O)O. The first kappa shape index (κ1) is 11.7. The maximum atomic E-state index is 10.8. The Morgan fingerprint density at radius 2 is 2.25 bits per heavy atom. The molecule has 0 aromatic heterocycles. The van der Waals surface area contributed by atoms with Gasteiger partial charge in [-0.05, 0) is 17.7 Å². The Kier molecular flexibility index (Phi) is 3.60. The fraction of sp³-hybridized carbons (Fsp3) is 0.100. The fourth-order valence-electron chi connectivity index (χ4n) is 1.14. The predicted octanol–water partition coefficient (Wildman–Crippen LogP) is 1.64. The quantitative estimate of drug-likeness (QED) is 0.619. The Balaban J connectivity index is 3.12. The number of aromatic carboxylic acids is 1. The molecule has 0 spiro atoms. The molecule has 0 saturated carbocycles. The summed E-state index contributed by atoms with van der Waals surface area (Å²) in [5.74, 6) is -0.932. The van der Waals surface area contributed by atoms with Crippen LogP contribution in [0.3, 0.4) is 0 Å². The van der Waals surface area contributed by atoms with E-state index in [2.05, 4.69) is 0 Å². The maximum absolute atomic E-state index is 10.8. The molecular weight excluding hydrogens is 214 g/mol. The number of ether oxygens (including phenoxy) is 1. The van der Waals surface area contributed by atoms with Crippen LogP contribution in [0.4, 0.5) is 0 Å². The minimum Gasteiger partial charge on any atom is -0.496 e. The number of methoxy groups -OCH3 is 1. The zero-order valence-corrected chi connectivity index (χ0v) is 8.41. The summed E-state index contributed by atoms with van der Waals surface area (Å²) in [7, 11) is 1.36. The highest BCUT2D eigenvalue weighted by atomic mass is 16.6. The second kappa shape index (κ2) is 4.92. The van der Waals surface area contributed by atoms with E-state index < -0.39 is 10.9 Å². The van der Waals surface area contributed by atoms with E-state index in [0.717, 1.165) is 6.20 Å². The van der Waals surface area contributed by atoms with Gasteiger partial charge in [0.25, 0.3) is 0 Å². The van der Waals surface area contributed by atoms with Crippen molar-refractivity contribution in [2.45, 2.75) is 0 Å². The van der Waals surface area contributed by atoms with Crippen molar-refractivity contribution in [3.05, 3.63) is 45.6 Å². The van der Waals surface area contributed by atoms with E-state index >= 15 is 0 Å². The topological polar surface area (TPSA) is 89.7 Å². The minimum atomic E-state index is -1.15. The van der Waals surface area contributed by atoms with Crippen molar-refractivity contribution < 1.29 is 19.6 Å². The molecule has 0 aliphatic rings. The molecule has 16 heavy (non-hydrogen) atoms. The molecule has 0 radical (unpaired) electrons. The Labute approximate surface area is 90.9 Å². The number of nitro groups is 1. The number of benzene rings is 1. The number of carboxylic acids is 1. The molecule has 0 bridgehead atoms. The number of carbonyl (C=O) groups is 1. The highest BCUT2D eigenvalue weighted by molar-refractivity contribution is 5.91. The van der Waals surface area contributed by atoms with Crippen LogP contribution in [0.1, 0.15) is 15.9 Å². The van der Waals surface area contributed by atoms with Gasteiger partial charge in [0.1, 0.15) is 11.3 Å². The van der Waals surface area contributed by atoms with Gasteiger partial charge in [0.05, 0.1) is 12.0 Å². The van der Waals surface area contributed by atoms with Crippen LogP contribution in [0, 0.1) is 10.1 Å². The summed E-state index contributed by atoms with van der Waals surface area (Å²) in [6.07, 6.45) is 1.96. The van der Waals surface area contributed by atoms with Gasteiger partial charge in [0, 0.05) is 6.08 Å². The molecule has 0 saturated heterocycles. The third kappa shape index (κ3) is 2.81. The lowest BCUT2D eigenvalue weighted by atomic mass is 10.1. The molecule has 0 amide bonds. The van der Waals surface area contributed by atoms with Gasteiger partial charge in [-0.25, -0.2) is 4.79 Å². The predicted molar refractivity (Wildman–Crippen MR) is 56.0 cm³/mol. The minimum absolute atomic E-state index is 0.0343. The summed E-state index contributed by atoms with van der Waals surface area (Å²) in [5, 5.41) is 19.0. The summed E-state index contributed by atoms with van der Waals surface area (Å²) < 4.78 is 4.85. The average Bonchev–Trinajstić information content (AvgIpc) is 2.25. The Hall–Kier alpha value is -2.37. The van der Waals surface area contributed by atoms with E-state index in [9.17, 15) is 14.9 Å². The third-order valence-corrected chi connectivity index (χ3v) is 1.84. The molecule has 1 rings (SSSR count). The van der Waals surface area contributed by atoms with Crippen LogP contribution in [0.25, 0.3) is 6.08 Å². The zero-order chi connectivity index (χ0) is 12.1. The van der Waals surface area contributed by atoms with Crippen molar-refractivity contribution in [1.29, 1.82) is 0 Å². The van der Waals surface area contributed by atoms with Crippen molar-refractivity contribution in [3.63, 3.8) is 0 Å². The van der Waals surface area contributed by atoms with Crippen LogP contribution in [-0.2, 0) is 0 Å². The zero-order valence-electron chi connectivity index (χ0n) is 8.41. The summed E-state index contributed by atoms with van der Waals surface area (Å²) in [5.41, 5.74) is 0.392. The van der Waals surface area contributed by atoms with E-state index in [1.807, 2.05) is 0 Å². The van der Waals surface area contributed by atoms with E-state index in [-0.39, 0.29) is 11.3 Å². The lowest BCUT2D eigenvalue weighted by molar-refractivity contribution is -0.400. The second-order valence-electron chi connectivity index (χ2n) is 2.87. The Morgan fingerprint density at radius 3 is 2.75 bits per heavy atom. The van der Waals surface area contributed by atoms with Crippen molar-refractivity contribution in [2.75, 3.05) is 7.11 Å². The number of nitrogens with zero attached hydrogens (tertiary/aromatic N) is 1. The molecular formula is C10H9NO5. The van der Waals surface area contributed by atoms with Crippen molar-refractivity contribution in [1.82, 2.24) is 0 Å². The Morgan fingerprint density at radius 1 is 1.56 bits per heavy atom. The van der Waals surface area contributed by atoms with Gasteiger partial charge in [0.2, 0.25) is 6.20 Å². The summed E-state index contributed by atoms with van der Waals surface area (Å²) in [4.78, 5) is 20.3. The van der Waals surface area contributed by atoms with Crippen LogP contribution in [0.15, 0.2) is 24.4 Å². The molecule has 0 unspecified atom stereocenters. The van der Waals surface area contributed by atoms with Gasteiger partial charge >= 0.3 is 5.97 Å². The third-order valence-electron chi connectivity index (χ3n) is 1.84. The highest BCUT2D eigenvalue weighted by Crippen LogP contribution is 2.20. The Bertz CT molecular complexity index is 453. The average molecular weight is 223 g/mol. The molecule has 6 heteroatoms. The van der Waals surface area contributed by atoms with E-state index in [4.69, 9.17) is 9.84 Å². The molecule has 0 heterocycles. The molecule has 0 fully saturated rings. The van der Waals surface area contributed by atoms with Gasteiger partial charge in [0.15, 0.2) is 0 Å². The van der Waals surface area contributed by atoms with Crippen LogP contribution in [0.2, 0.25) is 0 Å². The molecule has 6 nitrogen and oxygen atoms in total. The summed E-state index contributed by atoms with van der Waals surface area (Å²) in [6, 6.07) is 4.29. The van der Waals surface area contributed by atoms with Crippen molar-refractivity contribution in [2.24, 2.45) is 0 Å². The van der Waals surface area contributed by atoms with E-state index in [1.54, 1.807) is 0 Å². The van der Waals surface area contributed by atoms with E-state index in [1.165, 1.54) is 31.4 Å². The molecule has 0 aliphatic carbocycles. The molecule has 0 aliphatic heterocycles. The lowest BCUT2D eigenvalue weighted by Gasteiger charge is -2.04. The van der Waals surface area contributed by atoms with Gasteiger partial charge in [-0.15, -0.1) is 0 Å². The number of carboxylic acid groups (broad SMARTS) is 1. The van der Waals surface area contributed by atoms with Crippen molar-refractivity contribution >= 4 is 12.0 Å². The van der Waals surface area contributed by atoms with E-state index in [0.29, 0.717) is 5.56 Å². The first-order valence-corrected chi connectivity index (χ1v) is 4.27. The smallest absolute Gasteiger partial charge is 0.339 e. The van der Waals surface area contributed by atoms with Gasteiger partial charge < -0.3 is 9.84 Å². The maximum Gasteiger partial charge on any atom is 0.339 e. The summed E-state index contributed by atoms with van der Waals surface area (Å²) in [6.45, 7) is 0. The van der Waals surface area contributed by atoms with Gasteiger partial charge in [-0.2, -0.15) is 0 Å². The molecule has 1 aromatic carbocycles. The largest absolute Gasteiger partial charge is 0.496 e. The number of hydrogen-bond acceptors (Lipinski definition) is 4. The van der Waals surface area contributed by atoms with Crippen molar-refractivity contribution in [3.8, 4) is 5.75 Å². The molecule has 1 aromatic rings. The number of hydrogen-bond donors (Lipinski definition) is 1. The summed E-state index contributed by atoms with van der Waals surface area (Å²) >= 11 is 0. The number of rotatable bonds is 4. The highest BCUT2D eigenvalue weighted by Gasteiger charge is 2.10. The molecule has 1 N–H and O–H groups in total. The second-order valence-corrected chi connectivity index (χ2v) is 2.87. The fourth-order valence-corrected chi connectivity index (χ4v) is 1.14. The van der Waals surface area contributed by atoms with Gasteiger partial charge in [-0.1, -0.05) is 6.07 Å². The van der Waals surface area contributed by atoms with Gasteiger partial charge in [-0.3, -0.25) is 10.1 Å². The first-order chi connectivity index (χ1) is 7.54. The monoisotopic (exact) mass is 223 g/mol. The normalized spacial score (nSPS) is 10.3. The van der Waals surface area contributed by atoms with Crippen LogP contribution in [0.5, 0.6) is 5.75 Å². The molecule has 84 valence electrons. The standard InChI is InChI=1S/C10H9NO5/c1-16-9-3-2-7(4-5-11(14)15)6-8(9)10(12)13/h2-6H,1H3,(H,12,13)/b5-4+. The van der Waals surface area contributed by atoms with Crippen LogP contribution in [-0.4, -0.2) is 23.1 Å². The molecule has 0 atom stereocenters. The lowest BCUT2D eigenvalue weighted by Crippen LogP contribution is -2.00. The van der Waals surface area contributed by atoms with Crippen LogP contribution < -0.4 is 4.74 Å². The van der Waals surface area contributed by atoms with Crippen LogP contribution >= 0.6 is 0 Å². The first-order valence-electron chi connectivity index (χ1n) is 4.27.